The number of methoxy groups -OCH3 is 1. The van der Waals surface area contributed by atoms with Crippen molar-refractivity contribution in [1.29, 1.82) is 0 Å². The molecule has 0 fully saturated rings. The number of benzene rings is 2. The van der Waals surface area contributed by atoms with Crippen LogP contribution in [0.25, 0.3) is 17.0 Å². The van der Waals surface area contributed by atoms with Gasteiger partial charge in [0.25, 0.3) is 0 Å². The Balaban J connectivity index is 1.94. The topological polar surface area (TPSA) is 82.6 Å². The molecule has 0 spiro atoms. The van der Waals surface area contributed by atoms with Gasteiger partial charge in [-0.25, -0.2) is 4.79 Å². The Labute approximate surface area is 194 Å². The maximum Gasteiger partial charge on any atom is 0.335 e. The Morgan fingerprint density at radius 1 is 1.15 bits per heavy atom. The lowest BCUT2D eigenvalue weighted by molar-refractivity contribution is -0.128. The van der Waals surface area contributed by atoms with E-state index < -0.39 is 5.97 Å². The van der Waals surface area contributed by atoms with E-state index in [1.807, 2.05) is 18.3 Å². The molecule has 33 heavy (non-hydrogen) atoms. The molecule has 1 unspecified atom stereocenters. The van der Waals surface area contributed by atoms with E-state index in [0.29, 0.717) is 18.6 Å². The van der Waals surface area contributed by atoms with Crippen LogP contribution in [0.2, 0.25) is 0 Å². The van der Waals surface area contributed by atoms with Gasteiger partial charge in [0.2, 0.25) is 5.91 Å². The number of H-pyrrole nitrogens is 1. The van der Waals surface area contributed by atoms with Crippen LogP contribution in [0.5, 0.6) is 5.75 Å². The Morgan fingerprint density at radius 3 is 2.61 bits per heavy atom. The van der Waals surface area contributed by atoms with Crippen molar-refractivity contribution in [3.63, 3.8) is 0 Å². The number of ether oxygens (including phenoxy) is 1. The molecule has 6 heteroatoms. The van der Waals surface area contributed by atoms with Crippen molar-refractivity contribution < 1.29 is 19.4 Å². The molecule has 0 aliphatic rings. The predicted octanol–water partition coefficient (Wildman–Crippen LogP) is 5.69. The van der Waals surface area contributed by atoms with Gasteiger partial charge in [-0.1, -0.05) is 37.6 Å². The molecular formula is C27H32N2O4. The molecule has 0 bridgehead atoms. The number of carboxylic acid groups (broad SMARTS) is 1. The van der Waals surface area contributed by atoms with Gasteiger partial charge in [0.15, 0.2) is 0 Å². The van der Waals surface area contributed by atoms with Gasteiger partial charge < -0.3 is 19.7 Å². The highest BCUT2D eigenvalue weighted by Crippen LogP contribution is 2.39. The molecule has 0 radical (unpaired) electrons. The van der Waals surface area contributed by atoms with Crippen LogP contribution in [-0.2, 0) is 4.79 Å². The van der Waals surface area contributed by atoms with E-state index in [1.165, 1.54) is 0 Å². The van der Waals surface area contributed by atoms with Crippen molar-refractivity contribution in [1.82, 2.24) is 9.88 Å². The standard InChI is InChI=1S/C27H32N2O4/c1-5-8-20(21-13-12-19(27(31)32)16-25(21)33-4)23-17-28-24-14-11-18(15-22(23)24)9-6-7-10-26(30)29(2)3/h6,9,11-17,20,28H,5,7-8,10H2,1-4H3,(H,31,32). The summed E-state index contributed by atoms with van der Waals surface area (Å²) in [4.78, 5) is 28.2. The Morgan fingerprint density at radius 2 is 1.94 bits per heavy atom. The second-order valence-electron chi connectivity index (χ2n) is 8.38. The van der Waals surface area contributed by atoms with E-state index in [0.717, 1.165) is 40.4 Å². The third-order valence-corrected chi connectivity index (χ3v) is 5.88. The SMILES string of the molecule is CCCC(c1ccc(C(=O)O)cc1OC)c1c[nH]c2ccc(C=CCCC(=O)N(C)C)cc12. The van der Waals surface area contributed by atoms with Gasteiger partial charge in [-0.3, -0.25) is 4.79 Å². The predicted molar refractivity (Wildman–Crippen MR) is 132 cm³/mol. The zero-order valence-corrected chi connectivity index (χ0v) is 19.7. The van der Waals surface area contributed by atoms with Crippen LogP contribution < -0.4 is 4.74 Å². The highest BCUT2D eigenvalue weighted by molar-refractivity contribution is 5.89. The summed E-state index contributed by atoms with van der Waals surface area (Å²) in [7, 11) is 5.11. The van der Waals surface area contributed by atoms with Crippen molar-refractivity contribution >= 4 is 28.9 Å². The zero-order chi connectivity index (χ0) is 24.0. The minimum Gasteiger partial charge on any atom is -0.496 e. The van der Waals surface area contributed by atoms with Crippen LogP contribution in [0, 0.1) is 0 Å². The fraction of sp³-hybridized carbons (Fsp3) is 0.333. The van der Waals surface area contributed by atoms with Crippen molar-refractivity contribution in [3.8, 4) is 5.75 Å². The van der Waals surface area contributed by atoms with Crippen LogP contribution in [0.4, 0.5) is 0 Å². The van der Waals surface area contributed by atoms with Gasteiger partial charge in [-0.05, 0) is 48.2 Å². The number of aromatic carboxylic acids is 1. The monoisotopic (exact) mass is 448 g/mol. The van der Waals surface area contributed by atoms with E-state index in [-0.39, 0.29) is 17.4 Å². The lowest BCUT2D eigenvalue weighted by Gasteiger charge is -2.20. The van der Waals surface area contributed by atoms with E-state index in [1.54, 1.807) is 38.2 Å². The van der Waals surface area contributed by atoms with Gasteiger partial charge in [0.05, 0.1) is 12.7 Å². The van der Waals surface area contributed by atoms with Gasteiger partial charge >= 0.3 is 5.97 Å². The highest BCUT2D eigenvalue weighted by atomic mass is 16.5. The number of fused-ring (bicyclic) bond motifs is 1. The minimum absolute atomic E-state index is 0.0680. The molecule has 1 atom stereocenters. The van der Waals surface area contributed by atoms with Crippen molar-refractivity contribution in [2.45, 2.75) is 38.5 Å². The average Bonchev–Trinajstić information content (AvgIpc) is 3.22. The summed E-state index contributed by atoms with van der Waals surface area (Å²) in [6.07, 6.45) is 9.19. The first-order chi connectivity index (χ1) is 15.8. The second-order valence-corrected chi connectivity index (χ2v) is 8.38. The van der Waals surface area contributed by atoms with E-state index in [9.17, 15) is 14.7 Å². The quantitative estimate of drug-likeness (QED) is 0.417. The summed E-state index contributed by atoms with van der Waals surface area (Å²) in [6.45, 7) is 2.14. The molecule has 1 heterocycles. The van der Waals surface area contributed by atoms with Crippen LogP contribution in [0.15, 0.2) is 48.7 Å². The number of amides is 1. The number of carbonyl (C=O) groups is 2. The van der Waals surface area contributed by atoms with Gasteiger partial charge in [-0.2, -0.15) is 0 Å². The summed E-state index contributed by atoms with van der Waals surface area (Å²) in [6, 6.07) is 11.4. The molecule has 0 aliphatic heterocycles. The summed E-state index contributed by atoms with van der Waals surface area (Å²) in [5.41, 5.74) is 4.47. The molecule has 1 aromatic heterocycles. The molecule has 0 saturated carbocycles. The Kier molecular flexibility index (Phi) is 7.93. The molecule has 0 aliphatic carbocycles. The molecule has 2 aromatic carbocycles. The third-order valence-electron chi connectivity index (χ3n) is 5.88. The normalized spacial score (nSPS) is 12.2. The molecule has 6 nitrogen and oxygen atoms in total. The van der Waals surface area contributed by atoms with E-state index in [4.69, 9.17) is 4.74 Å². The Bertz CT molecular complexity index is 1160. The number of aromatic nitrogens is 1. The number of nitrogens with one attached hydrogen (secondary N) is 1. The van der Waals surface area contributed by atoms with E-state index in [2.05, 4.69) is 36.2 Å². The van der Waals surface area contributed by atoms with Crippen molar-refractivity contribution in [3.05, 3.63) is 70.9 Å². The fourth-order valence-electron chi connectivity index (χ4n) is 4.10. The molecule has 0 saturated heterocycles. The maximum atomic E-state index is 11.8. The number of hydrogen-bond acceptors (Lipinski definition) is 3. The number of allylic oxidation sites excluding steroid dienone is 1. The third kappa shape index (κ3) is 5.64. The first-order valence-electron chi connectivity index (χ1n) is 11.2. The first-order valence-corrected chi connectivity index (χ1v) is 11.2. The molecule has 3 aromatic rings. The second kappa shape index (κ2) is 10.9. The summed E-state index contributed by atoms with van der Waals surface area (Å²) < 4.78 is 5.58. The summed E-state index contributed by atoms with van der Waals surface area (Å²) in [5.74, 6) is -0.196. The molecular weight excluding hydrogens is 416 g/mol. The van der Waals surface area contributed by atoms with E-state index >= 15 is 0 Å². The summed E-state index contributed by atoms with van der Waals surface area (Å²) in [5, 5.41) is 10.5. The number of carbonyl (C=O) groups excluding carboxylic acids is 1. The van der Waals surface area contributed by atoms with Crippen molar-refractivity contribution in [2.24, 2.45) is 0 Å². The minimum atomic E-state index is -0.970. The Hall–Kier alpha value is -3.54. The number of rotatable bonds is 10. The number of hydrogen-bond donors (Lipinski definition) is 2. The van der Waals surface area contributed by atoms with Gasteiger partial charge in [0, 0.05) is 49.1 Å². The van der Waals surface area contributed by atoms with Crippen LogP contribution in [0.1, 0.15) is 65.6 Å². The molecule has 174 valence electrons. The molecule has 3 rings (SSSR count). The largest absolute Gasteiger partial charge is 0.496 e. The average molecular weight is 449 g/mol. The molecule has 2 N–H and O–H groups in total. The number of carboxylic acids is 1. The number of nitrogens with zero attached hydrogens (tertiary/aromatic N) is 1. The lowest BCUT2D eigenvalue weighted by Crippen LogP contribution is -2.20. The maximum absolute atomic E-state index is 11.8. The number of aromatic amines is 1. The van der Waals surface area contributed by atoms with Crippen LogP contribution in [-0.4, -0.2) is 48.1 Å². The molecule has 1 amide bonds. The highest BCUT2D eigenvalue weighted by Gasteiger charge is 2.22. The fourth-order valence-corrected chi connectivity index (χ4v) is 4.10. The van der Waals surface area contributed by atoms with Crippen LogP contribution >= 0.6 is 0 Å². The van der Waals surface area contributed by atoms with Crippen molar-refractivity contribution in [2.75, 3.05) is 21.2 Å². The zero-order valence-electron chi connectivity index (χ0n) is 19.7. The van der Waals surface area contributed by atoms with Gasteiger partial charge in [0.1, 0.15) is 5.75 Å². The van der Waals surface area contributed by atoms with Crippen LogP contribution in [0.3, 0.4) is 0 Å². The lowest BCUT2D eigenvalue weighted by atomic mass is 9.86. The van der Waals surface area contributed by atoms with Gasteiger partial charge in [-0.15, -0.1) is 0 Å². The smallest absolute Gasteiger partial charge is 0.335 e. The summed E-state index contributed by atoms with van der Waals surface area (Å²) >= 11 is 0. The first kappa shape index (κ1) is 24.1.